The van der Waals surface area contributed by atoms with E-state index in [1.165, 1.54) is 29.5 Å². The third-order valence-corrected chi connectivity index (χ3v) is 4.22. The number of rotatable bonds is 5. The second kappa shape index (κ2) is 6.02. The molecule has 6 nitrogen and oxygen atoms in total. The Morgan fingerprint density at radius 1 is 1.45 bits per heavy atom. The third kappa shape index (κ3) is 3.34. The van der Waals surface area contributed by atoms with Crippen molar-refractivity contribution in [1.29, 1.82) is 0 Å². The molecule has 0 saturated heterocycles. The summed E-state index contributed by atoms with van der Waals surface area (Å²) in [6.07, 6.45) is 0. The smallest absolute Gasteiger partial charge is 0.337 e. The molecule has 0 atom stereocenters. The summed E-state index contributed by atoms with van der Waals surface area (Å²) in [6, 6.07) is 5.53. The first-order chi connectivity index (χ1) is 9.47. The Hall–Kier alpha value is -1.93. The monoisotopic (exact) mass is 356 g/mol. The van der Waals surface area contributed by atoms with Crippen LogP contribution in [-0.4, -0.2) is 16.0 Å². The number of aromatic carboxylic acids is 1. The average Bonchev–Trinajstić information content (AvgIpc) is 2.81. The number of halogens is 1. The highest BCUT2D eigenvalue weighted by atomic mass is 79.9. The molecule has 0 unspecified atom stereocenters. The predicted molar refractivity (Wildman–Crippen MR) is 79.4 cm³/mol. The second-order valence-electron chi connectivity index (χ2n) is 3.88. The number of anilines is 1. The van der Waals surface area contributed by atoms with Gasteiger partial charge in [-0.1, -0.05) is 0 Å². The van der Waals surface area contributed by atoms with Gasteiger partial charge in [0.1, 0.15) is 0 Å². The zero-order valence-corrected chi connectivity index (χ0v) is 12.4. The zero-order chi connectivity index (χ0) is 14.7. The summed E-state index contributed by atoms with van der Waals surface area (Å²) in [6.45, 7) is 0.401. The third-order valence-electron chi connectivity index (χ3n) is 2.52. The molecule has 2 aromatic rings. The van der Waals surface area contributed by atoms with Crippen LogP contribution in [0.5, 0.6) is 0 Å². The lowest BCUT2D eigenvalue weighted by molar-refractivity contribution is -0.384. The van der Waals surface area contributed by atoms with Gasteiger partial charge in [0.05, 0.1) is 16.2 Å². The lowest BCUT2D eigenvalue weighted by Crippen LogP contribution is -2.06. The zero-order valence-electron chi connectivity index (χ0n) is 10.00. The van der Waals surface area contributed by atoms with Crippen molar-refractivity contribution in [2.24, 2.45) is 0 Å². The van der Waals surface area contributed by atoms with E-state index in [1.807, 2.05) is 11.4 Å². The summed E-state index contributed by atoms with van der Waals surface area (Å²) < 4.78 is 0.941. The Labute approximate surface area is 126 Å². The molecule has 0 aliphatic rings. The van der Waals surface area contributed by atoms with Crippen LogP contribution >= 0.6 is 27.3 Å². The molecule has 104 valence electrons. The number of nitrogens with zero attached hydrogens (tertiary/aromatic N) is 1. The van der Waals surface area contributed by atoms with Crippen molar-refractivity contribution in [2.75, 3.05) is 5.32 Å². The number of carbonyl (C=O) groups is 1. The Kier molecular flexibility index (Phi) is 4.35. The highest BCUT2D eigenvalue weighted by Crippen LogP contribution is 2.25. The van der Waals surface area contributed by atoms with Crippen LogP contribution in [0.15, 0.2) is 34.1 Å². The van der Waals surface area contributed by atoms with E-state index in [1.54, 1.807) is 0 Å². The minimum atomic E-state index is -1.13. The minimum absolute atomic E-state index is 0.00576. The van der Waals surface area contributed by atoms with Crippen molar-refractivity contribution in [2.45, 2.75) is 6.54 Å². The van der Waals surface area contributed by atoms with Crippen LogP contribution in [0.25, 0.3) is 0 Å². The number of hydrogen-bond donors (Lipinski definition) is 2. The Balaban J connectivity index is 2.25. The molecule has 0 aliphatic heterocycles. The van der Waals surface area contributed by atoms with Crippen molar-refractivity contribution in [1.82, 2.24) is 0 Å². The first-order valence-electron chi connectivity index (χ1n) is 5.46. The van der Waals surface area contributed by atoms with Gasteiger partial charge in [0.15, 0.2) is 0 Å². The predicted octanol–water partition coefficient (Wildman–Crippen LogP) is 3.73. The number of nitro benzene ring substituents is 1. The van der Waals surface area contributed by atoms with Crippen LogP contribution in [0.1, 0.15) is 15.2 Å². The summed E-state index contributed by atoms with van der Waals surface area (Å²) in [5, 5.41) is 24.6. The number of nitro groups is 1. The normalized spacial score (nSPS) is 10.2. The van der Waals surface area contributed by atoms with Crippen molar-refractivity contribution >= 4 is 44.6 Å². The van der Waals surface area contributed by atoms with E-state index >= 15 is 0 Å². The molecule has 0 fully saturated rings. The summed E-state index contributed by atoms with van der Waals surface area (Å²) in [5.74, 6) is -1.13. The maximum Gasteiger partial charge on any atom is 0.337 e. The Morgan fingerprint density at radius 2 is 2.20 bits per heavy atom. The van der Waals surface area contributed by atoms with Crippen LogP contribution in [0.2, 0.25) is 0 Å². The van der Waals surface area contributed by atoms with Crippen molar-refractivity contribution in [3.05, 3.63) is 54.7 Å². The number of nitrogens with one attached hydrogen (secondary N) is 1. The van der Waals surface area contributed by atoms with Gasteiger partial charge in [-0.15, -0.1) is 11.3 Å². The van der Waals surface area contributed by atoms with Crippen LogP contribution in [0, 0.1) is 10.1 Å². The van der Waals surface area contributed by atoms with Gasteiger partial charge >= 0.3 is 5.97 Å². The van der Waals surface area contributed by atoms with Crippen LogP contribution < -0.4 is 5.32 Å². The lowest BCUT2D eigenvalue weighted by Gasteiger charge is -2.08. The molecule has 0 aliphatic carbocycles. The summed E-state index contributed by atoms with van der Waals surface area (Å²) in [5.41, 5.74) is 0.0901. The molecular weight excluding hydrogens is 348 g/mol. The second-order valence-corrected chi connectivity index (χ2v) is 5.79. The van der Waals surface area contributed by atoms with E-state index in [4.69, 9.17) is 5.11 Å². The SMILES string of the molecule is O=C(O)c1ccc([N+](=O)[O-])cc1NCc1cc(Br)cs1. The number of non-ortho nitro benzene ring substituents is 1. The lowest BCUT2D eigenvalue weighted by atomic mass is 10.1. The quantitative estimate of drug-likeness (QED) is 0.628. The number of hydrogen-bond acceptors (Lipinski definition) is 5. The van der Waals surface area contributed by atoms with E-state index in [0.29, 0.717) is 6.54 Å². The molecule has 8 heteroatoms. The molecule has 0 amide bonds. The maximum atomic E-state index is 11.1. The minimum Gasteiger partial charge on any atom is -0.478 e. The molecule has 0 radical (unpaired) electrons. The molecule has 0 spiro atoms. The van der Waals surface area contributed by atoms with Gasteiger partial charge in [-0.25, -0.2) is 4.79 Å². The van der Waals surface area contributed by atoms with Crippen molar-refractivity contribution in [3.8, 4) is 0 Å². The number of carboxylic acid groups (broad SMARTS) is 1. The molecular formula is C12H9BrN2O4S. The Bertz CT molecular complexity index is 671. The largest absolute Gasteiger partial charge is 0.478 e. The van der Waals surface area contributed by atoms with Crippen LogP contribution in [0.4, 0.5) is 11.4 Å². The van der Waals surface area contributed by atoms with Gasteiger partial charge in [0.25, 0.3) is 5.69 Å². The molecule has 1 heterocycles. The standard InChI is InChI=1S/C12H9BrN2O4S/c13-7-3-9(20-6-7)5-14-11-4-8(15(18)19)1-2-10(11)12(16)17/h1-4,6,14H,5H2,(H,16,17). The van der Waals surface area contributed by atoms with Gasteiger partial charge < -0.3 is 10.4 Å². The fraction of sp³-hybridized carbons (Fsp3) is 0.0833. The fourth-order valence-corrected chi connectivity index (χ4v) is 3.00. The van der Waals surface area contributed by atoms with E-state index < -0.39 is 10.9 Å². The fourth-order valence-electron chi connectivity index (χ4n) is 1.61. The van der Waals surface area contributed by atoms with Gasteiger partial charge in [-0.3, -0.25) is 10.1 Å². The summed E-state index contributed by atoms with van der Waals surface area (Å²) in [4.78, 5) is 22.3. The van der Waals surface area contributed by atoms with Gasteiger partial charge in [-0.05, 0) is 28.1 Å². The molecule has 0 saturated carbocycles. The molecule has 0 bridgehead atoms. The van der Waals surface area contributed by atoms with Crippen molar-refractivity contribution in [3.63, 3.8) is 0 Å². The maximum absolute atomic E-state index is 11.1. The highest BCUT2D eigenvalue weighted by Gasteiger charge is 2.15. The van der Waals surface area contributed by atoms with Gasteiger partial charge in [0.2, 0.25) is 0 Å². The number of carboxylic acids is 1. The van der Waals surface area contributed by atoms with E-state index in [-0.39, 0.29) is 16.9 Å². The number of thiophene rings is 1. The summed E-state index contributed by atoms with van der Waals surface area (Å²) in [7, 11) is 0. The average molecular weight is 357 g/mol. The first kappa shape index (κ1) is 14.5. The van der Waals surface area contributed by atoms with E-state index in [9.17, 15) is 14.9 Å². The Morgan fingerprint density at radius 3 is 2.75 bits per heavy atom. The molecule has 1 aromatic carbocycles. The molecule has 20 heavy (non-hydrogen) atoms. The van der Waals surface area contributed by atoms with Crippen molar-refractivity contribution < 1.29 is 14.8 Å². The van der Waals surface area contributed by atoms with Gasteiger partial charge in [-0.2, -0.15) is 0 Å². The molecule has 2 N–H and O–H groups in total. The van der Waals surface area contributed by atoms with Crippen LogP contribution in [0.3, 0.4) is 0 Å². The topological polar surface area (TPSA) is 92.5 Å². The van der Waals surface area contributed by atoms with Gasteiger partial charge in [0, 0.05) is 33.4 Å². The van der Waals surface area contributed by atoms with E-state index in [2.05, 4.69) is 21.2 Å². The van der Waals surface area contributed by atoms with E-state index in [0.717, 1.165) is 9.35 Å². The highest BCUT2D eigenvalue weighted by molar-refractivity contribution is 9.10. The number of benzene rings is 1. The molecule has 2 rings (SSSR count). The summed E-state index contributed by atoms with van der Waals surface area (Å²) >= 11 is 4.83. The molecule has 1 aromatic heterocycles. The first-order valence-corrected chi connectivity index (χ1v) is 7.13. The van der Waals surface area contributed by atoms with Crippen LogP contribution in [-0.2, 0) is 6.54 Å².